The van der Waals surface area contributed by atoms with E-state index in [1.54, 1.807) is 41.1 Å². The first-order valence-electron chi connectivity index (χ1n) is 7.70. The molecule has 0 saturated carbocycles. The van der Waals surface area contributed by atoms with Gasteiger partial charge in [-0.15, -0.1) is 0 Å². The molecule has 2 heterocycles. The van der Waals surface area contributed by atoms with Crippen molar-refractivity contribution in [2.24, 2.45) is 0 Å². The highest BCUT2D eigenvalue weighted by atomic mass is 16.5. The van der Waals surface area contributed by atoms with Crippen LogP contribution in [-0.2, 0) is 18.2 Å². The predicted octanol–water partition coefficient (Wildman–Crippen LogP) is 2.28. The Hall–Kier alpha value is -3.13. The van der Waals surface area contributed by atoms with E-state index in [0.29, 0.717) is 18.1 Å². The van der Waals surface area contributed by atoms with E-state index in [-0.39, 0.29) is 12.6 Å². The normalized spacial score (nSPS) is 10.6. The number of carbonyl (C=O) groups excluding carboxylic acids is 1. The number of amides is 1. The predicted molar refractivity (Wildman–Crippen MR) is 91.2 cm³/mol. The smallest absolute Gasteiger partial charge is 0.276 e. The van der Waals surface area contributed by atoms with E-state index in [1.165, 1.54) is 0 Å². The maximum atomic E-state index is 12.2. The van der Waals surface area contributed by atoms with Crippen molar-refractivity contribution in [3.63, 3.8) is 0 Å². The zero-order chi connectivity index (χ0) is 17.6. The number of aromatic nitrogens is 4. The molecule has 0 bridgehead atoms. The third-order valence-electron chi connectivity index (χ3n) is 3.47. The molecule has 25 heavy (non-hydrogen) atoms. The fourth-order valence-electron chi connectivity index (χ4n) is 2.23. The van der Waals surface area contributed by atoms with Crippen molar-refractivity contribution in [3.05, 3.63) is 60.2 Å². The fourth-order valence-corrected chi connectivity index (χ4v) is 2.23. The van der Waals surface area contributed by atoms with Crippen LogP contribution in [0.2, 0.25) is 0 Å². The van der Waals surface area contributed by atoms with Gasteiger partial charge in [-0.3, -0.25) is 4.79 Å². The lowest BCUT2D eigenvalue weighted by Crippen LogP contribution is -2.14. The number of ether oxygens (including phenoxy) is 2. The average molecular weight is 341 g/mol. The van der Waals surface area contributed by atoms with Gasteiger partial charge in [0.05, 0.1) is 18.1 Å². The summed E-state index contributed by atoms with van der Waals surface area (Å²) < 4.78 is 13.8. The van der Waals surface area contributed by atoms with E-state index in [2.05, 4.69) is 15.5 Å². The minimum absolute atomic E-state index is 0.226. The van der Waals surface area contributed by atoms with Crippen molar-refractivity contribution >= 4 is 11.6 Å². The molecule has 0 spiro atoms. The molecule has 0 radical (unpaired) electrons. The third kappa shape index (κ3) is 4.24. The number of benzene rings is 1. The first kappa shape index (κ1) is 16.7. The van der Waals surface area contributed by atoms with Crippen molar-refractivity contribution < 1.29 is 14.3 Å². The van der Waals surface area contributed by atoms with Gasteiger partial charge in [-0.1, -0.05) is 18.2 Å². The molecule has 8 nitrogen and oxygen atoms in total. The molecule has 3 aromatic rings. The largest absolute Gasteiger partial charge is 0.471 e. The Labute approximate surface area is 145 Å². The Bertz CT molecular complexity index is 855. The van der Waals surface area contributed by atoms with Gasteiger partial charge in [0.15, 0.2) is 12.4 Å². The second-order valence-electron chi connectivity index (χ2n) is 5.42. The van der Waals surface area contributed by atoms with Crippen LogP contribution in [0.3, 0.4) is 0 Å². The zero-order valence-corrected chi connectivity index (χ0v) is 14.0. The lowest BCUT2D eigenvalue weighted by Gasteiger charge is -2.08. The molecule has 3 rings (SSSR count). The molecule has 1 aromatic carbocycles. The molecule has 130 valence electrons. The van der Waals surface area contributed by atoms with Crippen LogP contribution in [0.15, 0.2) is 48.9 Å². The maximum Gasteiger partial charge on any atom is 0.276 e. The lowest BCUT2D eigenvalue weighted by molar-refractivity contribution is 0.102. The van der Waals surface area contributed by atoms with Crippen LogP contribution in [0.25, 0.3) is 0 Å². The van der Waals surface area contributed by atoms with Gasteiger partial charge in [-0.2, -0.15) is 10.2 Å². The number of anilines is 1. The second-order valence-corrected chi connectivity index (χ2v) is 5.42. The van der Waals surface area contributed by atoms with Crippen molar-refractivity contribution in [2.45, 2.75) is 20.4 Å². The molecule has 0 saturated heterocycles. The van der Waals surface area contributed by atoms with Crippen molar-refractivity contribution in [3.8, 4) is 5.75 Å². The molecule has 8 heteroatoms. The van der Waals surface area contributed by atoms with E-state index < -0.39 is 0 Å². The summed E-state index contributed by atoms with van der Waals surface area (Å²) in [4.78, 5) is 12.2. The molecule has 0 aliphatic heterocycles. The lowest BCUT2D eigenvalue weighted by atomic mass is 10.2. The second kappa shape index (κ2) is 7.63. The topological polar surface area (TPSA) is 83.2 Å². The van der Waals surface area contributed by atoms with E-state index in [9.17, 15) is 4.79 Å². The summed E-state index contributed by atoms with van der Waals surface area (Å²) in [5.74, 6) is 0.473. The van der Waals surface area contributed by atoms with Gasteiger partial charge >= 0.3 is 0 Å². The summed E-state index contributed by atoms with van der Waals surface area (Å²) in [6.45, 7) is 2.52. The first-order chi connectivity index (χ1) is 12.2. The summed E-state index contributed by atoms with van der Waals surface area (Å²) in [5, 5.41) is 11.0. The van der Waals surface area contributed by atoms with E-state index in [4.69, 9.17) is 9.47 Å². The molecular formula is C17H19N5O3. The minimum atomic E-state index is -0.313. The number of carbonyl (C=O) groups is 1. The Morgan fingerprint density at radius 2 is 2.04 bits per heavy atom. The number of hydrogen-bond acceptors (Lipinski definition) is 5. The van der Waals surface area contributed by atoms with Crippen LogP contribution >= 0.6 is 0 Å². The van der Waals surface area contributed by atoms with Gasteiger partial charge in [-0.25, -0.2) is 9.36 Å². The molecule has 1 amide bonds. The Morgan fingerprint density at radius 1 is 1.20 bits per heavy atom. The monoisotopic (exact) mass is 341 g/mol. The zero-order valence-electron chi connectivity index (χ0n) is 14.0. The SMILES string of the molecule is COCn1cc(NC(=O)c2ccn(COc3ccccc3C)n2)cn1. The molecule has 0 aliphatic rings. The van der Waals surface area contributed by atoms with Gasteiger partial charge in [0.1, 0.15) is 12.5 Å². The fraction of sp³-hybridized carbons (Fsp3) is 0.235. The van der Waals surface area contributed by atoms with Crippen LogP contribution in [0.4, 0.5) is 5.69 Å². The molecule has 2 aromatic heterocycles. The quantitative estimate of drug-likeness (QED) is 0.713. The number of rotatable bonds is 7. The van der Waals surface area contributed by atoms with E-state index in [0.717, 1.165) is 11.3 Å². The average Bonchev–Trinajstić information content (AvgIpc) is 3.24. The first-order valence-corrected chi connectivity index (χ1v) is 7.70. The van der Waals surface area contributed by atoms with Crippen LogP contribution in [0.5, 0.6) is 5.75 Å². The maximum absolute atomic E-state index is 12.2. The minimum Gasteiger partial charge on any atom is -0.471 e. The highest BCUT2D eigenvalue weighted by molar-refractivity contribution is 6.02. The number of methoxy groups -OCH3 is 1. The van der Waals surface area contributed by atoms with Gasteiger partial charge < -0.3 is 14.8 Å². The molecule has 0 unspecified atom stereocenters. The summed E-state index contributed by atoms with van der Waals surface area (Å²) in [6, 6.07) is 9.36. The standard InChI is InChI=1S/C17H19N5O3/c1-13-5-3-4-6-16(13)25-12-21-8-7-15(20-21)17(23)19-14-9-18-22(10-14)11-24-2/h3-10H,11-12H2,1-2H3,(H,19,23). The van der Waals surface area contributed by atoms with Gasteiger partial charge in [-0.05, 0) is 24.6 Å². The van der Waals surface area contributed by atoms with Crippen LogP contribution in [-0.4, -0.2) is 32.6 Å². The summed E-state index contributed by atoms with van der Waals surface area (Å²) in [5.41, 5.74) is 1.92. The van der Waals surface area contributed by atoms with E-state index in [1.807, 2.05) is 31.2 Å². The molecule has 0 aliphatic carbocycles. The van der Waals surface area contributed by atoms with Gasteiger partial charge in [0.25, 0.3) is 5.91 Å². The number of nitrogens with zero attached hydrogens (tertiary/aromatic N) is 4. The van der Waals surface area contributed by atoms with Gasteiger partial charge in [0.2, 0.25) is 0 Å². The summed E-state index contributed by atoms with van der Waals surface area (Å²) in [7, 11) is 1.57. The van der Waals surface area contributed by atoms with Crippen LogP contribution in [0.1, 0.15) is 16.1 Å². The Balaban J connectivity index is 1.58. The molecule has 1 N–H and O–H groups in total. The number of aryl methyl sites for hydroxylation is 1. The summed E-state index contributed by atoms with van der Waals surface area (Å²) >= 11 is 0. The van der Waals surface area contributed by atoms with E-state index >= 15 is 0 Å². The highest BCUT2D eigenvalue weighted by Crippen LogP contribution is 2.16. The molecule has 0 atom stereocenters. The van der Waals surface area contributed by atoms with Crippen molar-refractivity contribution in [1.82, 2.24) is 19.6 Å². The third-order valence-corrected chi connectivity index (χ3v) is 3.47. The molecular weight excluding hydrogens is 322 g/mol. The summed E-state index contributed by atoms with van der Waals surface area (Å²) in [6.07, 6.45) is 4.93. The van der Waals surface area contributed by atoms with Crippen LogP contribution < -0.4 is 10.1 Å². The van der Waals surface area contributed by atoms with Crippen molar-refractivity contribution in [1.29, 1.82) is 0 Å². The highest BCUT2D eigenvalue weighted by Gasteiger charge is 2.11. The van der Waals surface area contributed by atoms with Crippen molar-refractivity contribution in [2.75, 3.05) is 12.4 Å². The Morgan fingerprint density at radius 3 is 2.84 bits per heavy atom. The number of hydrogen-bond donors (Lipinski definition) is 1. The number of nitrogens with one attached hydrogen (secondary N) is 1. The molecule has 0 fully saturated rings. The van der Waals surface area contributed by atoms with Crippen LogP contribution in [0, 0.1) is 6.92 Å². The Kier molecular flexibility index (Phi) is 5.10. The number of para-hydroxylation sites is 1. The van der Waals surface area contributed by atoms with Gasteiger partial charge in [0, 0.05) is 13.3 Å².